The maximum atomic E-state index is 11.6. The highest BCUT2D eigenvalue weighted by atomic mass is 16.5. The molecular weight excluding hydrogens is 190 g/mol. The van der Waals surface area contributed by atoms with Gasteiger partial charge in [0.15, 0.2) is 5.69 Å². The minimum atomic E-state index is -0.288. The van der Waals surface area contributed by atoms with E-state index in [1.54, 1.807) is 6.20 Å². The van der Waals surface area contributed by atoms with Crippen LogP contribution in [0.2, 0.25) is 0 Å². The first-order chi connectivity index (χ1) is 7.22. The molecule has 0 aromatic carbocycles. The molecule has 15 heavy (non-hydrogen) atoms. The Morgan fingerprint density at radius 1 is 1.60 bits per heavy atom. The van der Waals surface area contributed by atoms with Gasteiger partial charge in [0.25, 0.3) is 0 Å². The van der Waals surface area contributed by atoms with Gasteiger partial charge in [-0.1, -0.05) is 6.92 Å². The Kier molecular flexibility index (Phi) is 2.71. The maximum absolute atomic E-state index is 11.6. The van der Waals surface area contributed by atoms with Gasteiger partial charge >= 0.3 is 5.97 Å². The Morgan fingerprint density at radius 2 is 2.40 bits per heavy atom. The number of nitrogens with zero attached hydrogens (tertiary/aromatic N) is 1. The number of rotatable bonds is 2. The predicted octanol–water partition coefficient (Wildman–Crippen LogP) is 1.99. The van der Waals surface area contributed by atoms with Crippen molar-refractivity contribution in [2.45, 2.75) is 26.7 Å². The minimum Gasteiger partial charge on any atom is -0.461 e. The average Bonchev–Trinajstić information content (AvgIpc) is 2.57. The fourth-order valence-corrected chi connectivity index (χ4v) is 2.12. The van der Waals surface area contributed by atoms with Crippen molar-refractivity contribution in [3.63, 3.8) is 0 Å². The second-order valence-corrected chi connectivity index (χ2v) is 4.03. The van der Waals surface area contributed by atoms with Crippen LogP contribution >= 0.6 is 0 Å². The van der Waals surface area contributed by atoms with Crippen LogP contribution in [0.25, 0.3) is 0 Å². The molecule has 0 fully saturated rings. The van der Waals surface area contributed by atoms with Gasteiger partial charge in [-0.15, -0.1) is 0 Å². The van der Waals surface area contributed by atoms with Crippen LogP contribution in [0.1, 0.15) is 35.5 Å². The van der Waals surface area contributed by atoms with Crippen LogP contribution in [0.3, 0.4) is 0 Å². The monoisotopic (exact) mass is 205 g/mol. The number of hydrogen-bond acceptors (Lipinski definition) is 3. The van der Waals surface area contributed by atoms with E-state index >= 15 is 0 Å². The number of ether oxygens (including phenoxy) is 1. The summed E-state index contributed by atoms with van der Waals surface area (Å²) in [4.78, 5) is 15.8. The summed E-state index contributed by atoms with van der Waals surface area (Å²) in [7, 11) is 0. The third-order valence-electron chi connectivity index (χ3n) is 2.74. The highest BCUT2D eigenvalue weighted by Gasteiger charge is 2.24. The van der Waals surface area contributed by atoms with E-state index in [0.29, 0.717) is 18.2 Å². The summed E-state index contributed by atoms with van der Waals surface area (Å²) in [5.41, 5.74) is 2.85. The molecule has 3 nitrogen and oxygen atoms in total. The van der Waals surface area contributed by atoms with Crippen molar-refractivity contribution >= 4 is 5.97 Å². The summed E-state index contributed by atoms with van der Waals surface area (Å²) < 4.78 is 4.99. The first-order valence-corrected chi connectivity index (χ1v) is 5.36. The number of esters is 1. The Bertz CT molecular complexity index is 387. The molecule has 0 N–H and O–H groups in total. The van der Waals surface area contributed by atoms with E-state index < -0.39 is 0 Å². The quantitative estimate of drug-likeness (QED) is 0.693. The molecule has 1 unspecified atom stereocenters. The van der Waals surface area contributed by atoms with Crippen LogP contribution in [-0.2, 0) is 17.6 Å². The molecule has 1 atom stereocenters. The smallest absolute Gasteiger partial charge is 0.357 e. The van der Waals surface area contributed by atoms with E-state index in [1.165, 1.54) is 5.56 Å². The first-order valence-electron chi connectivity index (χ1n) is 5.36. The van der Waals surface area contributed by atoms with Gasteiger partial charge in [0.2, 0.25) is 0 Å². The van der Waals surface area contributed by atoms with Crippen molar-refractivity contribution in [2.24, 2.45) is 5.92 Å². The molecule has 0 spiro atoms. The molecule has 80 valence electrons. The lowest BCUT2D eigenvalue weighted by molar-refractivity contribution is 0.0518. The summed E-state index contributed by atoms with van der Waals surface area (Å²) in [6.07, 6.45) is 3.69. The van der Waals surface area contributed by atoms with Gasteiger partial charge in [0.1, 0.15) is 0 Å². The third kappa shape index (κ3) is 1.87. The topological polar surface area (TPSA) is 39.2 Å². The summed E-state index contributed by atoms with van der Waals surface area (Å²) in [5.74, 6) is 0.320. The third-order valence-corrected chi connectivity index (χ3v) is 2.74. The number of pyridine rings is 1. The van der Waals surface area contributed by atoms with Gasteiger partial charge < -0.3 is 4.74 Å². The van der Waals surface area contributed by atoms with Crippen molar-refractivity contribution in [3.05, 3.63) is 29.1 Å². The largest absolute Gasteiger partial charge is 0.461 e. The van der Waals surface area contributed by atoms with Crippen LogP contribution in [0.4, 0.5) is 0 Å². The van der Waals surface area contributed by atoms with E-state index in [9.17, 15) is 4.79 Å². The lowest BCUT2D eigenvalue weighted by Crippen LogP contribution is -2.10. The molecule has 3 heteroatoms. The highest BCUT2D eigenvalue weighted by molar-refractivity contribution is 5.89. The molecular formula is C12H15NO2. The van der Waals surface area contributed by atoms with Gasteiger partial charge in [0, 0.05) is 6.20 Å². The molecule has 0 amide bonds. The van der Waals surface area contributed by atoms with Crippen molar-refractivity contribution in [1.29, 1.82) is 0 Å². The summed E-state index contributed by atoms with van der Waals surface area (Å²) >= 11 is 0. The highest BCUT2D eigenvalue weighted by Crippen LogP contribution is 2.28. The predicted molar refractivity (Wildman–Crippen MR) is 56.8 cm³/mol. The molecule has 1 aliphatic rings. The zero-order valence-electron chi connectivity index (χ0n) is 9.12. The van der Waals surface area contributed by atoms with E-state index in [1.807, 2.05) is 13.0 Å². The second kappa shape index (κ2) is 4.01. The summed E-state index contributed by atoms with van der Waals surface area (Å²) in [6, 6.07) is 2.00. The SMILES string of the molecule is CCOC(=O)c1nccc2c1CC(C)C2. The van der Waals surface area contributed by atoms with Gasteiger partial charge in [0.05, 0.1) is 6.61 Å². The van der Waals surface area contributed by atoms with Crippen LogP contribution in [0.15, 0.2) is 12.3 Å². The summed E-state index contributed by atoms with van der Waals surface area (Å²) in [5, 5.41) is 0. The second-order valence-electron chi connectivity index (χ2n) is 4.03. The van der Waals surface area contributed by atoms with E-state index in [4.69, 9.17) is 4.74 Å². The van der Waals surface area contributed by atoms with E-state index in [0.717, 1.165) is 18.4 Å². The Labute approximate surface area is 89.5 Å². The lowest BCUT2D eigenvalue weighted by Gasteiger charge is -2.05. The molecule has 0 bridgehead atoms. The molecule has 1 aliphatic carbocycles. The number of aromatic nitrogens is 1. The average molecular weight is 205 g/mol. The van der Waals surface area contributed by atoms with Crippen LogP contribution in [-0.4, -0.2) is 17.6 Å². The number of carbonyl (C=O) groups excluding carboxylic acids is 1. The fraction of sp³-hybridized carbons (Fsp3) is 0.500. The van der Waals surface area contributed by atoms with Crippen molar-refractivity contribution in [3.8, 4) is 0 Å². The zero-order valence-corrected chi connectivity index (χ0v) is 9.12. The first kappa shape index (κ1) is 10.1. The van der Waals surface area contributed by atoms with E-state index in [-0.39, 0.29) is 5.97 Å². The van der Waals surface area contributed by atoms with Crippen LogP contribution < -0.4 is 0 Å². The number of fused-ring (bicyclic) bond motifs is 1. The van der Waals surface area contributed by atoms with E-state index in [2.05, 4.69) is 11.9 Å². The van der Waals surface area contributed by atoms with Gasteiger partial charge in [-0.3, -0.25) is 0 Å². The molecule has 1 aromatic rings. The number of hydrogen-bond donors (Lipinski definition) is 0. The molecule has 1 heterocycles. The Morgan fingerprint density at radius 3 is 3.13 bits per heavy atom. The van der Waals surface area contributed by atoms with Gasteiger partial charge in [-0.2, -0.15) is 0 Å². The van der Waals surface area contributed by atoms with Crippen molar-refractivity contribution < 1.29 is 9.53 Å². The normalized spacial score (nSPS) is 18.7. The number of carbonyl (C=O) groups is 1. The standard InChI is InChI=1S/C12H15NO2/c1-3-15-12(14)11-10-7-8(2)6-9(10)4-5-13-11/h4-5,8H,3,6-7H2,1-2H3. The Hall–Kier alpha value is -1.38. The molecule has 0 radical (unpaired) electrons. The van der Waals surface area contributed by atoms with Crippen molar-refractivity contribution in [2.75, 3.05) is 6.61 Å². The molecule has 0 saturated carbocycles. The zero-order chi connectivity index (χ0) is 10.8. The molecule has 1 aromatic heterocycles. The molecule has 0 saturated heterocycles. The summed E-state index contributed by atoms with van der Waals surface area (Å²) in [6.45, 7) is 4.40. The van der Waals surface area contributed by atoms with Gasteiger partial charge in [-0.25, -0.2) is 9.78 Å². The van der Waals surface area contributed by atoms with Crippen LogP contribution in [0.5, 0.6) is 0 Å². The maximum Gasteiger partial charge on any atom is 0.357 e. The minimum absolute atomic E-state index is 0.288. The van der Waals surface area contributed by atoms with Gasteiger partial charge in [-0.05, 0) is 42.9 Å². The molecule has 0 aliphatic heterocycles. The molecule has 2 rings (SSSR count). The van der Waals surface area contributed by atoms with Crippen LogP contribution in [0, 0.1) is 5.92 Å². The van der Waals surface area contributed by atoms with Crippen molar-refractivity contribution in [1.82, 2.24) is 4.98 Å². The lowest BCUT2D eigenvalue weighted by atomic mass is 10.1. The fourth-order valence-electron chi connectivity index (χ4n) is 2.12. The Balaban J connectivity index is 2.34.